The van der Waals surface area contributed by atoms with Gasteiger partial charge in [-0.15, -0.1) is 23.7 Å². The monoisotopic (exact) mass is 305 g/mol. The smallest absolute Gasteiger partial charge is 0.323 e. The highest BCUT2D eigenvalue weighted by molar-refractivity contribution is 7.15. The molecule has 1 aromatic rings. The molecule has 19 heavy (non-hydrogen) atoms. The molecule has 0 amide bonds. The van der Waals surface area contributed by atoms with E-state index in [9.17, 15) is 4.79 Å². The molecule has 2 unspecified atom stereocenters. The van der Waals surface area contributed by atoms with Gasteiger partial charge in [0, 0.05) is 17.6 Å². The van der Waals surface area contributed by atoms with E-state index in [2.05, 4.69) is 16.8 Å². The number of carbonyl (C=O) groups excluding carboxylic acids is 1. The molecular weight excluding hydrogens is 286 g/mol. The number of aromatic nitrogens is 1. The van der Waals surface area contributed by atoms with E-state index in [1.165, 1.54) is 18.4 Å². The number of nitrogens with two attached hydrogens (primary N) is 1. The zero-order chi connectivity index (χ0) is 13.1. The quantitative estimate of drug-likeness (QED) is 0.864. The van der Waals surface area contributed by atoms with Crippen LogP contribution in [0.2, 0.25) is 0 Å². The minimum Gasteiger partial charge on any atom is -0.468 e. The van der Waals surface area contributed by atoms with Crippen LogP contribution in [0, 0.1) is 5.92 Å². The number of hydrogen-bond donors (Lipinski definition) is 1. The van der Waals surface area contributed by atoms with E-state index in [1.807, 2.05) is 0 Å². The SMILES string of the molecule is COC(=O)C1CC(C)CCN1Cc1cnc(N)s1.Cl. The van der Waals surface area contributed by atoms with Crippen molar-refractivity contribution < 1.29 is 9.53 Å². The largest absolute Gasteiger partial charge is 0.468 e. The summed E-state index contributed by atoms with van der Waals surface area (Å²) >= 11 is 1.48. The Morgan fingerprint density at radius 2 is 2.42 bits per heavy atom. The van der Waals surface area contributed by atoms with Crippen molar-refractivity contribution in [2.45, 2.75) is 32.4 Å². The van der Waals surface area contributed by atoms with Crippen LogP contribution >= 0.6 is 23.7 Å². The van der Waals surface area contributed by atoms with Gasteiger partial charge in [0.15, 0.2) is 5.13 Å². The standard InChI is InChI=1S/C12H19N3O2S.ClH/c1-8-3-4-15(10(5-8)11(16)17-2)7-9-6-14-12(13)18-9;/h6,8,10H,3-5,7H2,1-2H3,(H2,13,14);1H. The molecule has 1 fully saturated rings. The molecule has 1 aromatic heterocycles. The average molecular weight is 306 g/mol. The van der Waals surface area contributed by atoms with Crippen molar-refractivity contribution in [3.8, 4) is 0 Å². The summed E-state index contributed by atoms with van der Waals surface area (Å²) in [6.07, 6.45) is 3.76. The zero-order valence-electron chi connectivity index (χ0n) is 11.2. The predicted molar refractivity (Wildman–Crippen MR) is 78.4 cm³/mol. The molecule has 0 radical (unpaired) electrons. The summed E-state index contributed by atoms with van der Waals surface area (Å²) in [4.78, 5) is 19.1. The normalized spacial score (nSPS) is 23.7. The maximum absolute atomic E-state index is 11.8. The van der Waals surface area contributed by atoms with Crippen molar-refractivity contribution in [2.24, 2.45) is 5.92 Å². The number of methoxy groups -OCH3 is 1. The molecule has 2 atom stereocenters. The molecule has 0 aliphatic carbocycles. The van der Waals surface area contributed by atoms with Crippen LogP contribution in [-0.4, -0.2) is 35.5 Å². The summed E-state index contributed by atoms with van der Waals surface area (Å²) < 4.78 is 4.89. The fourth-order valence-electron chi connectivity index (χ4n) is 2.36. The highest BCUT2D eigenvalue weighted by Crippen LogP contribution is 2.26. The maximum Gasteiger partial charge on any atom is 0.323 e. The van der Waals surface area contributed by atoms with Gasteiger partial charge in [-0.1, -0.05) is 6.92 Å². The molecule has 1 aliphatic rings. The first-order valence-corrected chi connectivity index (χ1v) is 6.94. The number of nitrogens with zero attached hydrogens (tertiary/aromatic N) is 2. The molecule has 7 heteroatoms. The molecule has 1 aliphatic heterocycles. The molecule has 0 spiro atoms. The summed E-state index contributed by atoms with van der Waals surface area (Å²) in [5, 5.41) is 0.574. The van der Waals surface area contributed by atoms with Gasteiger partial charge in [0.25, 0.3) is 0 Å². The fraction of sp³-hybridized carbons (Fsp3) is 0.667. The van der Waals surface area contributed by atoms with Crippen LogP contribution in [0.1, 0.15) is 24.6 Å². The van der Waals surface area contributed by atoms with Crippen LogP contribution in [0.15, 0.2) is 6.20 Å². The second-order valence-electron chi connectivity index (χ2n) is 4.80. The minimum atomic E-state index is -0.140. The Hall–Kier alpha value is -0.850. The number of piperidine rings is 1. The fourth-order valence-corrected chi connectivity index (χ4v) is 3.07. The lowest BCUT2D eigenvalue weighted by Crippen LogP contribution is -2.46. The predicted octanol–water partition coefficient (Wildman–Crippen LogP) is 1.92. The van der Waals surface area contributed by atoms with E-state index in [4.69, 9.17) is 10.5 Å². The summed E-state index contributed by atoms with van der Waals surface area (Å²) in [5.41, 5.74) is 5.62. The van der Waals surface area contributed by atoms with Gasteiger partial charge in [0.2, 0.25) is 0 Å². The van der Waals surface area contributed by atoms with Crippen molar-refractivity contribution in [2.75, 3.05) is 19.4 Å². The summed E-state index contributed by atoms with van der Waals surface area (Å²) in [7, 11) is 1.45. The number of carbonyl (C=O) groups is 1. The Kier molecular flexibility index (Phi) is 6.03. The summed E-state index contributed by atoms with van der Waals surface area (Å²) in [6, 6.07) is -0.137. The van der Waals surface area contributed by atoms with Crippen LogP contribution in [0.5, 0.6) is 0 Å². The minimum absolute atomic E-state index is 0. The van der Waals surface area contributed by atoms with Gasteiger partial charge < -0.3 is 10.5 Å². The van der Waals surface area contributed by atoms with Gasteiger partial charge in [-0.05, 0) is 25.3 Å². The average Bonchev–Trinajstić information content (AvgIpc) is 2.76. The van der Waals surface area contributed by atoms with E-state index >= 15 is 0 Å². The molecule has 5 nitrogen and oxygen atoms in total. The third-order valence-electron chi connectivity index (χ3n) is 3.38. The van der Waals surface area contributed by atoms with Gasteiger partial charge in [-0.25, -0.2) is 4.98 Å². The number of hydrogen-bond acceptors (Lipinski definition) is 6. The van der Waals surface area contributed by atoms with E-state index in [-0.39, 0.29) is 24.4 Å². The van der Waals surface area contributed by atoms with Gasteiger partial charge in [-0.2, -0.15) is 0 Å². The van der Waals surface area contributed by atoms with Gasteiger partial charge in [0.1, 0.15) is 6.04 Å². The molecule has 108 valence electrons. The summed E-state index contributed by atoms with van der Waals surface area (Å²) in [6.45, 7) is 3.82. The molecule has 0 saturated carbocycles. The van der Waals surface area contributed by atoms with Gasteiger partial charge >= 0.3 is 5.97 Å². The third kappa shape index (κ3) is 4.06. The van der Waals surface area contributed by atoms with Crippen LogP contribution in [0.3, 0.4) is 0 Å². The van der Waals surface area contributed by atoms with Crippen molar-refractivity contribution >= 4 is 34.8 Å². The first-order valence-electron chi connectivity index (χ1n) is 6.12. The Morgan fingerprint density at radius 1 is 1.68 bits per heavy atom. The second-order valence-corrected chi connectivity index (χ2v) is 5.95. The van der Waals surface area contributed by atoms with Crippen LogP contribution in [-0.2, 0) is 16.1 Å². The highest BCUT2D eigenvalue weighted by atomic mass is 35.5. The van der Waals surface area contributed by atoms with Crippen molar-refractivity contribution in [3.63, 3.8) is 0 Å². The Labute approximate surface area is 123 Å². The summed E-state index contributed by atoms with van der Waals surface area (Å²) in [5.74, 6) is 0.427. The Morgan fingerprint density at radius 3 is 3.00 bits per heavy atom. The molecule has 0 aromatic carbocycles. The molecule has 2 N–H and O–H groups in total. The maximum atomic E-state index is 11.8. The topological polar surface area (TPSA) is 68.5 Å². The zero-order valence-corrected chi connectivity index (χ0v) is 12.8. The van der Waals surface area contributed by atoms with Crippen molar-refractivity contribution in [1.82, 2.24) is 9.88 Å². The number of ether oxygens (including phenoxy) is 1. The van der Waals surface area contributed by atoms with E-state index < -0.39 is 0 Å². The highest BCUT2D eigenvalue weighted by Gasteiger charge is 2.32. The lowest BCUT2D eigenvalue weighted by atomic mass is 9.92. The second kappa shape index (κ2) is 7.07. The molecule has 1 saturated heterocycles. The lowest BCUT2D eigenvalue weighted by Gasteiger charge is -2.36. The van der Waals surface area contributed by atoms with Crippen LogP contribution in [0.4, 0.5) is 5.13 Å². The number of likely N-dealkylation sites (tertiary alicyclic amines) is 1. The van der Waals surface area contributed by atoms with Crippen LogP contribution < -0.4 is 5.73 Å². The first-order chi connectivity index (χ1) is 8.60. The number of halogens is 1. The van der Waals surface area contributed by atoms with E-state index in [0.717, 1.165) is 30.8 Å². The first kappa shape index (κ1) is 16.2. The molecule has 2 heterocycles. The van der Waals surface area contributed by atoms with Crippen LogP contribution in [0.25, 0.3) is 0 Å². The molecule has 2 rings (SSSR count). The van der Waals surface area contributed by atoms with Crippen molar-refractivity contribution in [3.05, 3.63) is 11.1 Å². The van der Waals surface area contributed by atoms with Gasteiger partial charge in [0.05, 0.1) is 7.11 Å². The number of esters is 1. The Bertz CT molecular complexity index is 427. The number of anilines is 1. The lowest BCUT2D eigenvalue weighted by molar-refractivity contribution is -0.149. The number of nitrogen functional groups attached to an aromatic ring is 1. The number of rotatable bonds is 3. The van der Waals surface area contributed by atoms with E-state index in [1.54, 1.807) is 6.20 Å². The molecular formula is C12H20ClN3O2S. The van der Waals surface area contributed by atoms with Gasteiger partial charge in [-0.3, -0.25) is 9.69 Å². The van der Waals surface area contributed by atoms with Crippen molar-refractivity contribution in [1.29, 1.82) is 0 Å². The third-order valence-corrected chi connectivity index (χ3v) is 4.19. The number of thiazole rings is 1. The molecule has 0 bridgehead atoms. The Balaban J connectivity index is 0.00000180. The van der Waals surface area contributed by atoms with E-state index in [0.29, 0.717) is 11.0 Å².